The van der Waals surface area contributed by atoms with E-state index in [1.54, 1.807) is 11.8 Å². The van der Waals surface area contributed by atoms with E-state index in [2.05, 4.69) is 78.1 Å². The molecule has 0 saturated heterocycles. The minimum absolute atomic E-state index is 0.132. The first-order chi connectivity index (χ1) is 15.4. The van der Waals surface area contributed by atoms with E-state index in [4.69, 9.17) is 0 Å². The van der Waals surface area contributed by atoms with E-state index >= 15 is 0 Å². The van der Waals surface area contributed by atoms with Crippen LogP contribution in [0.4, 0.5) is 0 Å². The van der Waals surface area contributed by atoms with Gasteiger partial charge in [-0.2, -0.15) is 0 Å². The number of nitrogens with one attached hydrogen (secondary N) is 1. The number of thioether (sulfide) groups is 1. The fourth-order valence-electron chi connectivity index (χ4n) is 3.67. The second-order valence-corrected chi connectivity index (χ2v) is 9.70. The highest BCUT2D eigenvalue weighted by Crippen LogP contribution is 2.26. The van der Waals surface area contributed by atoms with Gasteiger partial charge < -0.3 is 5.32 Å². The molecular formula is C26H34N4OS. The normalized spacial score (nSPS) is 11.2. The van der Waals surface area contributed by atoms with Gasteiger partial charge in [0.2, 0.25) is 5.91 Å². The van der Waals surface area contributed by atoms with Gasteiger partial charge in [-0.3, -0.25) is 9.36 Å². The zero-order valence-corrected chi connectivity index (χ0v) is 20.4. The summed E-state index contributed by atoms with van der Waals surface area (Å²) in [4.78, 5) is 12.0. The molecule has 0 aliphatic heterocycles. The second kappa shape index (κ2) is 11.9. The average Bonchev–Trinajstić information content (AvgIpc) is 3.16. The molecule has 170 valence electrons. The Hall–Kier alpha value is -2.60. The molecule has 1 aromatic heterocycles. The fourth-order valence-corrected chi connectivity index (χ4v) is 4.57. The van der Waals surface area contributed by atoms with Crippen LogP contribution in [0.2, 0.25) is 0 Å². The number of carbonyl (C=O) groups excluding carboxylic acids is 1. The molecular weight excluding hydrogens is 416 g/mol. The van der Waals surface area contributed by atoms with Crippen molar-refractivity contribution in [3.8, 4) is 5.69 Å². The molecule has 0 aliphatic rings. The molecule has 2 aromatic carbocycles. The third-order valence-electron chi connectivity index (χ3n) is 5.13. The molecule has 1 amide bonds. The van der Waals surface area contributed by atoms with Crippen molar-refractivity contribution < 1.29 is 4.79 Å². The molecule has 0 saturated carbocycles. The molecule has 3 rings (SSSR count). The topological polar surface area (TPSA) is 59.8 Å². The number of carbonyl (C=O) groups is 1. The van der Waals surface area contributed by atoms with E-state index < -0.39 is 0 Å². The molecule has 0 bridgehead atoms. The molecule has 6 heteroatoms. The standard InChI is InChI=1S/C26H34N4OS/c1-19(2)17-27-25(31)13-9-8-12-24-28-29-26(30(24)23-10-6-5-7-11-23)32-18-22-15-20(3)14-21(4)16-22/h5-7,10-11,14-16,19H,8-9,12-13,17-18H2,1-4H3,(H,27,31). The zero-order chi connectivity index (χ0) is 22.9. The fraction of sp³-hybridized carbons (Fsp3) is 0.423. The lowest BCUT2D eigenvalue weighted by Crippen LogP contribution is -2.26. The molecule has 0 aliphatic carbocycles. The lowest BCUT2D eigenvalue weighted by molar-refractivity contribution is -0.121. The molecule has 0 fully saturated rings. The van der Waals surface area contributed by atoms with Crippen LogP contribution < -0.4 is 5.32 Å². The van der Waals surface area contributed by atoms with Gasteiger partial charge in [-0.25, -0.2) is 0 Å². The maximum absolute atomic E-state index is 12.0. The number of aromatic nitrogens is 3. The molecule has 1 N–H and O–H groups in total. The van der Waals surface area contributed by atoms with E-state index in [1.165, 1.54) is 16.7 Å². The van der Waals surface area contributed by atoms with E-state index in [1.807, 2.05) is 18.2 Å². The predicted molar refractivity (Wildman–Crippen MR) is 132 cm³/mol. The van der Waals surface area contributed by atoms with Crippen LogP contribution in [-0.2, 0) is 17.0 Å². The number of hydrogen-bond acceptors (Lipinski definition) is 4. The lowest BCUT2D eigenvalue weighted by Gasteiger charge is -2.11. The smallest absolute Gasteiger partial charge is 0.220 e. The van der Waals surface area contributed by atoms with Crippen molar-refractivity contribution in [2.24, 2.45) is 5.92 Å². The van der Waals surface area contributed by atoms with Crippen LogP contribution >= 0.6 is 11.8 Å². The molecule has 32 heavy (non-hydrogen) atoms. The Labute approximate surface area is 196 Å². The van der Waals surface area contributed by atoms with Crippen LogP contribution in [0, 0.1) is 19.8 Å². The van der Waals surface area contributed by atoms with Gasteiger partial charge in [0.1, 0.15) is 5.82 Å². The van der Waals surface area contributed by atoms with Gasteiger partial charge in [-0.15, -0.1) is 10.2 Å². The average molecular weight is 451 g/mol. The molecule has 1 heterocycles. The van der Waals surface area contributed by atoms with Crippen LogP contribution in [0.3, 0.4) is 0 Å². The quantitative estimate of drug-likeness (QED) is 0.302. The van der Waals surface area contributed by atoms with E-state index in [0.29, 0.717) is 12.3 Å². The van der Waals surface area contributed by atoms with Crippen molar-refractivity contribution in [1.82, 2.24) is 20.1 Å². The van der Waals surface area contributed by atoms with Crippen molar-refractivity contribution in [2.45, 2.75) is 64.3 Å². The summed E-state index contributed by atoms with van der Waals surface area (Å²) >= 11 is 1.71. The SMILES string of the molecule is Cc1cc(C)cc(CSc2nnc(CCCCC(=O)NCC(C)C)n2-c2ccccc2)c1. The highest BCUT2D eigenvalue weighted by Gasteiger charge is 2.15. The third kappa shape index (κ3) is 7.23. The van der Waals surface area contributed by atoms with Gasteiger partial charge in [0.25, 0.3) is 0 Å². The van der Waals surface area contributed by atoms with Gasteiger partial charge >= 0.3 is 0 Å². The molecule has 0 radical (unpaired) electrons. The monoisotopic (exact) mass is 450 g/mol. The summed E-state index contributed by atoms with van der Waals surface area (Å²) in [6.07, 6.45) is 3.10. The first-order valence-electron chi connectivity index (χ1n) is 11.4. The number of amides is 1. The zero-order valence-electron chi connectivity index (χ0n) is 19.6. The third-order valence-corrected chi connectivity index (χ3v) is 6.13. The molecule has 0 atom stereocenters. The van der Waals surface area contributed by atoms with Crippen molar-refractivity contribution in [3.63, 3.8) is 0 Å². The highest BCUT2D eigenvalue weighted by atomic mass is 32.2. The number of nitrogens with zero attached hydrogens (tertiary/aromatic N) is 3. The number of benzene rings is 2. The van der Waals surface area contributed by atoms with E-state index in [0.717, 1.165) is 48.2 Å². The summed E-state index contributed by atoms with van der Waals surface area (Å²) in [5.74, 6) is 2.40. The maximum Gasteiger partial charge on any atom is 0.220 e. The molecule has 0 spiro atoms. The van der Waals surface area contributed by atoms with E-state index in [9.17, 15) is 4.79 Å². The summed E-state index contributed by atoms with van der Waals surface area (Å²) in [7, 11) is 0. The number of rotatable bonds is 11. The first kappa shape index (κ1) is 24.1. The van der Waals surface area contributed by atoms with Gasteiger partial charge in [0.05, 0.1) is 0 Å². The Morgan fingerprint density at radius 2 is 1.75 bits per heavy atom. The van der Waals surface area contributed by atoms with Crippen LogP contribution in [0.1, 0.15) is 55.6 Å². The summed E-state index contributed by atoms with van der Waals surface area (Å²) < 4.78 is 2.16. The minimum Gasteiger partial charge on any atom is -0.356 e. The Balaban J connectivity index is 1.66. The van der Waals surface area contributed by atoms with Crippen molar-refractivity contribution in [2.75, 3.05) is 6.54 Å². The first-order valence-corrected chi connectivity index (χ1v) is 12.4. The van der Waals surface area contributed by atoms with Crippen molar-refractivity contribution >= 4 is 17.7 Å². The Kier molecular flexibility index (Phi) is 8.91. The predicted octanol–water partition coefficient (Wildman–Crippen LogP) is 5.66. The number of para-hydroxylation sites is 1. The minimum atomic E-state index is 0.132. The Morgan fingerprint density at radius 3 is 2.44 bits per heavy atom. The van der Waals surface area contributed by atoms with E-state index in [-0.39, 0.29) is 5.91 Å². The van der Waals surface area contributed by atoms with Gasteiger partial charge in [-0.05, 0) is 50.3 Å². The summed E-state index contributed by atoms with van der Waals surface area (Å²) in [5, 5.41) is 12.9. The summed E-state index contributed by atoms with van der Waals surface area (Å²) in [5.41, 5.74) is 4.93. The van der Waals surface area contributed by atoms with Crippen LogP contribution in [0.25, 0.3) is 5.69 Å². The molecule has 5 nitrogen and oxygen atoms in total. The summed E-state index contributed by atoms with van der Waals surface area (Å²) in [6, 6.07) is 16.9. The van der Waals surface area contributed by atoms with Crippen LogP contribution in [-0.4, -0.2) is 27.2 Å². The molecule has 0 unspecified atom stereocenters. The number of unbranched alkanes of at least 4 members (excludes halogenated alkanes) is 1. The Bertz CT molecular complexity index is 994. The van der Waals surface area contributed by atoms with Crippen molar-refractivity contribution in [3.05, 3.63) is 71.0 Å². The maximum atomic E-state index is 12.0. The highest BCUT2D eigenvalue weighted by molar-refractivity contribution is 7.98. The second-order valence-electron chi connectivity index (χ2n) is 8.76. The largest absolute Gasteiger partial charge is 0.356 e. The Morgan fingerprint density at radius 1 is 1.03 bits per heavy atom. The lowest BCUT2D eigenvalue weighted by atomic mass is 10.1. The number of aryl methyl sites for hydroxylation is 3. The number of hydrogen-bond donors (Lipinski definition) is 1. The van der Waals surface area contributed by atoms with Gasteiger partial charge in [0.15, 0.2) is 5.16 Å². The van der Waals surface area contributed by atoms with Crippen molar-refractivity contribution in [1.29, 1.82) is 0 Å². The van der Waals surface area contributed by atoms with Crippen LogP contribution in [0.5, 0.6) is 0 Å². The van der Waals surface area contributed by atoms with Gasteiger partial charge in [-0.1, -0.05) is 73.1 Å². The summed E-state index contributed by atoms with van der Waals surface area (Å²) in [6.45, 7) is 9.21. The van der Waals surface area contributed by atoms with Crippen LogP contribution in [0.15, 0.2) is 53.7 Å². The van der Waals surface area contributed by atoms with Gasteiger partial charge in [0, 0.05) is 30.8 Å². The molecule has 3 aromatic rings.